The summed E-state index contributed by atoms with van der Waals surface area (Å²) in [5.41, 5.74) is 1.54. The molecular formula is C17H18O4. The van der Waals surface area contributed by atoms with E-state index in [1.807, 2.05) is 6.07 Å². The highest BCUT2D eigenvalue weighted by molar-refractivity contribution is 6.10. The van der Waals surface area contributed by atoms with Crippen LogP contribution >= 0.6 is 0 Å². The molecule has 4 nitrogen and oxygen atoms in total. The summed E-state index contributed by atoms with van der Waals surface area (Å²) in [5.74, 6) is -0.303. The first kappa shape index (κ1) is 15.2. The number of ether oxygens (including phenoxy) is 1. The molecule has 0 saturated heterocycles. The molecule has 0 radical (unpaired) electrons. The van der Waals surface area contributed by atoms with Gasteiger partial charge in [-0.1, -0.05) is 36.4 Å². The van der Waals surface area contributed by atoms with Crippen LogP contribution in [0.15, 0.2) is 48.5 Å². The van der Waals surface area contributed by atoms with E-state index in [2.05, 4.69) is 0 Å². The van der Waals surface area contributed by atoms with Gasteiger partial charge in [0.05, 0.1) is 18.3 Å². The minimum atomic E-state index is -0.634. The molecule has 0 heterocycles. The highest BCUT2D eigenvalue weighted by Crippen LogP contribution is 2.22. The molecule has 0 fully saturated rings. The van der Waals surface area contributed by atoms with Gasteiger partial charge in [0.1, 0.15) is 5.75 Å². The van der Waals surface area contributed by atoms with Gasteiger partial charge in [-0.25, -0.2) is 0 Å². The molecule has 0 saturated carbocycles. The van der Waals surface area contributed by atoms with E-state index in [0.29, 0.717) is 12.0 Å². The number of phenols is 1. The van der Waals surface area contributed by atoms with Crippen molar-refractivity contribution in [3.05, 3.63) is 65.2 Å². The van der Waals surface area contributed by atoms with Crippen LogP contribution < -0.4 is 0 Å². The maximum atomic E-state index is 12.3. The van der Waals surface area contributed by atoms with Gasteiger partial charge in [-0.3, -0.25) is 4.79 Å². The first-order chi connectivity index (χ1) is 10.1. The zero-order valence-corrected chi connectivity index (χ0v) is 11.8. The average molecular weight is 286 g/mol. The van der Waals surface area contributed by atoms with Crippen molar-refractivity contribution < 1.29 is 19.7 Å². The maximum Gasteiger partial charge on any atom is 0.196 e. The first-order valence-electron chi connectivity index (χ1n) is 6.70. The van der Waals surface area contributed by atoms with Gasteiger partial charge in [0, 0.05) is 19.1 Å². The van der Waals surface area contributed by atoms with Crippen molar-refractivity contribution in [1.82, 2.24) is 0 Å². The van der Waals surface area contributed by atoms with Crippen LogP contribution in [-0.2, 0) is 11.2 Å². The second kappa shape index (κ2) is 7.02. The quantitative estimate of drug-likeness (QED) is 0.799. The van der Waals surface area contributed by atoms with Crippen molar-refractivity contribution >= 4 is 5.78 Å². The first-order valence-corrected chi connectivity index (χ1v) is 6.70. The number of carbonyl (C=O) groups excluding carboxylic acids is 1. The number of ketones is 1. The molecule has 2 aromatic carbocycles. The van der Waals surface area contributed by atoms with Gasteiger partial charge in [0.15, 0.2) is 5.78 Å². The van der Waals surface area contributed by atoms with Gasteiger partial charge in [-0.05, 0) is 17.7 Å². The van der Waals surface area contributed by atoms with Gasteiger partial charge in [0.2, 0.25) is 0 Å². The molecule has 21 heavy (non-hydrogen) atoms. The smallest absolute Gasteiger partial charge is 0.196 e. The third-order valence-electron chi connectivity index (χ3n) is 3.17. The second-order valence-corrected chi connectivity index (χ2v) is 4.86. The zero-order valence-electron chi connectivity index (χ0n) is 11.8. The maximum absolute atomic E-state index is 12.3. The fourth-order valence-electron chi connectivity index (χ4n) is 2.16. The van der Waals surface area contributed by atoms with Crippen LogP contribution in [-0.4, -0.2) is 35.8 Å². The number of phenolic OH excluding ortho intramolecular Hbond substituents is 1. The Morgan fingerprint density at radius 1 is 1.19 bits per heavy atom. The zero-order chi connectivity index (χ0) is 15.2. The summed E-state index contributed by atoms with van der Waals surface area (Å²) in [6, 6.07) is 13.6. The lowest BCUT2D eigenvalue weighted by molar-refractivity contribution is 0.0650. The van der Waals surface area contributed by atoms with Crippen LogP contribution in [0.4, 0.5) is 0 Å². The van der Waals surface area contributed by atoms with Crippen LogP contribution in [0.2, 0.25) is 0 Å². The normalized spacial score (nSPS) is 12.1. The van der Waals surface area contributed by atoms with E-state index in [1.54, 1.807) is 36.4 Å². The number of methoxy groups -OCH3 is 1. The molecule has 0 amide bonds. The van der Waals surface area contributed by atoms with Crippen molar-refractivity contribution in [3.63, 3.8) is 0 Å². The van der Waals surface area contributed by atoms with E-state index in [4.69, 9.17) is 4.74 Å². The topological polar surface area (TPSA) is 66.8 Å². The van der Waals surface area contributed by atoms with Crippen LogP contribution in [0.5, 0.6) is 5.75 Å². The van der Waals surface area contributed by atoms with E-state index in [1.165, 1.54) is 13.2 Å². The van der Waals surface area contributed by atoms with E-state index >= 15 is 0 Å². The van der Waals surface area contributed by atoms with E-state index in [9.17, 15) is 15.0 Å². The molecule has 1 unspecified atom stereocenters. The average Bonchev–Trinajstić information content (AvgIpc) is 2.48. The lowest BCUT2D eigenvalue weighted by Crippen LogP contribution is -2.17. The molecular weight excluding hydrogens is 268 g/mol. The number of carbonyl (C=O) groups is 1. The van der Waals surface area contributed by atoms with E-state index < -0.39 is 6.10 Å². The predicted molar refractivity (Wildman–Crippen MR) is 79.6 cm³/mol. The molecule has 0 aromatic heterocycles. The van der Waals surface area contributed by atoms with E-state index in [0.717, 1.165) is 5.56 Å². The largest absolute Gasteiger partial charge is 0.507 e. The highest BCUT2D eigenvalue weighted by atomic mass is 16.5. The summed E-state index contributed by atoms with van der Waals surface area (Å²) >= 11 is 0. The summed E-state index contributed by atoms with van der Waals surface area (Å²) in [4.78, 5) is 12.3. The molecule has 0 aliphatic rings. The van der Waals surface area contributed by atoms with Crippen molar-refractivity contribution in [2.75, 3.05) is 13.7 Å². The Balaban J connectivity index is 2.18. The van der Waals surface area contributed by atoms with Crippen molar-refractivity contribution in [3.8, 4) is 5.75 Å². The molecule has 1 atom stereocenters. The molecule has 4 heteroatoms. The monoisotopic (exact) mass is 286 g/mol. The van der Waals surface area contributed by atoms with Gasteiger partial charge in [-0.2, -0.15) is 0 Å². The number of aliphatic hydroxyl groups excluding tert-OH is 1. The van der Waals surface area contributed by atoms with E-state index in [-0.39, 0.29) is 23.7 Å². The third-order valence-corrected chi connectivity index (χ3v) is 3.17. The molecule has 2 rings (SSSR count). The molecule has 0 spiro atoms. The minimum Gasteiger partial charge on any atom is -0.507 e. The number of hydrogen-bond acceptors (Lipinski definition) is 4. The predicted octanol–water partition coefficient (Wildman–Crippen LogP) is 2.17. The Labute approximate surface area is 123 Å². The second-order valence-electron chi connectivity index (χ2n) is 4.86. The SMILES string of the molecule is COCC(O)Cc1ccc(C(=O)c2ccccc2)c(O)c1. The van der Waals surface area contributed by atoms with Crippen LogP contribution in [0.3, 0.4) is 0 Å². The molecule has 0 aliphatic heterocycles. The Bertz CT molecular complexity index is 607. The third kappa shape index (κ3) is 3.90. The fraction of sp³-hybridized carbons (Fsp3) is 0.235. The number of rotatable bonds is 6. The number of aromatic hydroxyl groups is 1. The number of hydrogen-bond donors (Lipinski definition) is 2. The molecule has 0 bridgehead atoms. The lowest BCUT2D eigenvalue weighted by Gasteiger charge is -2.11. The molecule has 110 valence electrons. The number of aliphatic hydroxyl groups is 1. The fourth-order valence-corrected chi connectivity index (χ4v) is 2.16. The van der Waals surface area contributed by atoms with Crippen LogP contribution in [0, 0.1) is 0 Å². The molecule has 2 N–H and O–H groups in total. The summed E-state index contributed by atoms with van der Waals surface area (Å²) in [5, 5.41) is 19.7. The van der Waals surface area contributed by atoms with Crippen LogP contribution in [0.25, 0.3) is 0 Å². The highest BCUT2D eigenvalue weighted by Gasteiger charge is 2.14. The summed E-state index contributed by atoms with van der Waals surface area (Å²) in [6.45, 7) is 0.228. The summed E-state index contributed by atoms with van der Waals surface area (Å²) in [7, 11) is 1.52. The molecule has 2 aromatic rings. The summed E-state index contributed by atoms with van der Waals surface area (Å²) in [6.07, 6.45) is -0.272. The lowest BCUT2D eigenvalue weighted by atomic mass is 9.99. The van der Waals surface area contributed by atoms with Gasteiger partial charge in [-0.15, -0.1) is 0 Å². The van der Waals surface area contributed by atoms with Gasteiger partial charge in [0.25, 0.3) is 0 Å². The Kier molecular flexibility index (Phi) is 5.09. The number of benzene rings is 2. The Morgan fingerprint density at radius 3 is 2.52 bits per heavy atom. The summed E-state index contributed by atoms with van der Waals surface area (Å²) < 4.78 is 4.86. The van der Waals surface area contributed by atoms with Gasteiger partial charge < -0.3 is 14.9 Å². The van der Waals surface area contributed by atoms with Crippen molar-refractivity contribution in [2.24, 2.45) is 0 Å². The minimum absolute atomic E-state index is 0.0778. The standard InChI is InChI=1S/C17H18O4/c1-21-11-14(18)9-12-7-8-15(16(19)10-12)17(20)13-5-3-2-4-6-13/h2-8,10,14,18-19H,9,11H2,1H3. The Hall–Kier alpha value is -2.17. The Morgan fingerprint density at radius 2 is 1.90 bits per heavy atom. The van der Waals surface area contributed by atoms with Crippen molar-refractivity contribution in [1.29, 1.82) is 0 Å². The van der Waals surface area contributed by atoms with Crippen molar-refractivity contribution in [2.45, 2.75) is 12.5 Å². The van der Waals surface area contributed by atoms with Gasteiger partial charge >= 0.3 is 0 Å². The van der Waals surface area contributed by atoms with Crippen LogP contribution in [0.1, 0.15) is 21.5 Å². The molecule has 0 aliphatic carbocycles.